The fourth-order valence-corrected chi connectivity index (χ4v) is 4.74. The van der Waals surface area contributed by atoms with Gasteiger partial charge in [-0.3, -0.25) is 14.6 Å². The van der Waals surface area contributed by atoms with Crippen LogP contribution in [0.15, 0.2) is 24.5 Å². The van der Waals surface area contributed by atoms with Crippen molar-refractivity contribution in [3.8, 4) is 0 Å². The van der Waals surface area contributed by atoms with Crippen LogP contribution in [-0.2, 0) is 16.0 Å². The van der Waals surface area contributed by atoms with E-state index in [1.165, 1.54) is 0 Å². The molecule has 2 atom stereocenters. The predicted octanol–water partition coefficient (Wildman–Crippen LogP) is 0.424. The van der Waals surface area contributed by atoms with Gasteiger partial charge in [-0.2, -0.15) is 0 Å². The summed E-state index contributed by atoms with van der Waals surface area (Å²) in [7, 11) is 7.99. The molecule has 1 aromatic heterocycles. The maximum atomic E-state index is 12.8. The number of aryl methyl sites for hydroxylation is 1. The van der Waals surface area contributed by atoms with Crippen molar-refractivity contribution in [2.24, 2.45) is 11.3 Å². The average molecular weight is 388 g/mol. The molecular formula is C21H33N5O2. The lowest BCUT2D eigenvalue weighted by molar-refractivity contribution is -0.132. The molecule has 0 spiro atoms. The SMILES string of the molecule is CN(C)CC(=O)N1C[C@H]2CN(C(=O)CCc3cccnc3)C[C@@]2(CN(C)C)C1. The second-order valence-corrected chi connectivity index (χ2v) is 8.94. The molecule has 1 aromatic rings. The number of rotatable bonds is 7. The van der Waals surface area contributed by atoms with E-state index in [1.54, 1.807) is 6.20 Å². The summed E-state index contributed by atoms with van der Waals surface area (Å²) < 4.78 is 0. The highest BCUT2D eigenvalue weighted by molar-refractivity contribution is 5.79. The molecule has 0 unspecified atom stereocenters. The fraction of sp³-hybridized carbons (Fsp3) is 0.667. The van der Waals surface area contributed by atoms with Crippen LogP contribution in [0.4, 0.5) is 0 Å². The molecule has 2 amide bonds. The first-order valence-electron chi connectivity index (χ1n) is 10.0. The van der Waals surface area contributed by atoms with Crippen molar-refractivity contribution < 1.29 is 9.59 Å². The van der Waals surface area contributed by atoms with Crippen molar-refractivity contribution in [1.82, 2.24) is 24.6 Å². The van der Waals surface area contributed by atoms with E-state index in [9.17, 15) is 9.59 Å². The first-order valence-corrected chi connectivity index (χ1v) is 10.0. The van der Waals surface area contributed by atoms with E-state index < -0.39 is 0 Å². The summed E-state index contributed by atoms with van der Waals surface area (Å²) in [5.74, 6) is 0.748. The molecule has 0 aliphatic carbocycles. The van der Waals surface area contributed by atoms with Gasteiger partial charge >= 0.3 is 0 Å². The van der Waals surface area contributed by atoms with Crippen molar-refractivity contribution in [3.05, 3.63) is 30.1 Å². The molecule has 0 aromatic carbocycles. The second kappa shape index (κ2) is 8.57. The zero-order valence-corrected chi connectivity index (χ0v) is 17.6. The number of likely N-dealkylation sites (tertiary alicyclic amines) is 2. The lowest BCUT2D eigenvalue weighted by atomic mass is 9.80. The largest absolute Gasteiger partial charge is 0.342 e. The molecular weight excluding hydrogens is 354 g/mol. The number of pyridine rings is 1. The summed E-state index contributed by atoms with van der Waals surface area (Å²) >= 11 is 0. The van der Waals surface area contributed by atoms with Crippen LogP contribution < -0.4 is 0 Å². The predicted molar refractivity (Wildman–Crippen MR) is 109 cm³/mol. The zero-order chi connectivity index (χ0) is 20.3. The Kier molecular flexibility index (Phi) is 6.35. The number of carbonyl (C=O) groups is 2. The Bertz CT molecular complexity index is 693. The molecule has 7 nitrogen and oxygen atoms in total. The number of amides is 2. The maximum absolute atomic E-state index is 12.8. The number of likely N-dealkylation sites (N-methyl/N-ethyl adjacent to an activating group) is 1. The van der Waals surface area contributed by atoms with Gasteiger partial charge in [-0.25, -0.2) is 0 Å². The van der Waals surface area contributed by atoms with Gasteiger partial charge < -0.3 is 19.6 Å². The summed E-state index contributed by atoms with van der Waals surface area (Å²) in [5.41, 5.74) is 1.08. The van der Waals surface area contributed by atoms with Gasteiger partial charge in [0.05, 0.1) is 6.54 Å². The minimum absolute atomic E-state index is 0.0184. The minimum atomic E-state index is -0.0184. The summed E-state index contributed by atoms with van der Waals surface area (Å²) in [4.78, 5) is 37.7. The Hall–Kier alpha value is -1.99. The molecule has 0 saturated carbocycles. The third-order valence-electron chi connectivity index (χ3n) is 5.90. The molecule has 7 heteroatoms. The van der Waals surface area contributed by atoms with Gasteiger partial charge in [-0.05, 0) is 46.2 Å². The van der Waals surface area contributed by atoms with Gasteiger partial charge in [0, 0.05) is 62.9 Å². The maximum Gasteiger partial charge on any atom is 0.236 e. The average Bonchev–Trinajstić information content (AvgIpc) is 3.13. The number of hydrogen-bond acceptors (Lipinski definition) is 5. The molecule has 2 saturated heterocycles. The highest BCUT2D eigenvalue weighted by Crippen LogP contribution is 2.43. The fourth-order valence-electron chi connectivity index (χ4n) is 4.74. The minimum Gasteiger partial charge on any atom is -0.342 e. The molecule has 3 heterocycles. The molecule has 0 N–H and O–H groups in total. The van der Waals surface area contributed by atoms with E-state index in [2.05, 4.69) is 24.0 Å². The Labute approximate surface area is 168 Å². The van der Waals surface area contributed by atoms with Crippen LogP contribution in [-0.4, -0.2) is 104 Å². The molecule has 0 radical (unpaired) electrons. The second-order valence-electron chi connectivity index (χ2n) is 8.94. The summed E-state index contributed by atoms with van der Waals surface area (Å²) in [6, 6.07) is 3.92. The van der Waals surface area contributed by atoms with E-state index in [1.807, 2.05) is 47.1 Å². The molecule has 2 aliphatic heterocycles. The van der Waals surface area contributed by atoms with Gasteiger partial charge in [0.2, 0.25) is 11.8 Å². The molecule has 2 fully saturated rings. The lowest BCUT2D eigenvalue weighted by Gasteiger charge is -2.32. The quantitative estimate of drug-likeness (QED) is 0.679. The zero-order valence-electron chi connectivity index (χ0n) is 17.6. The number of nitrogens with zero attached hydrogens (tertiary/aromatic N) is 5. The van der Waals surface area contributed by atoms with Crippen LogP contribution >= 0.6 is 0 Å². The Morgan fingerprint density at radius 2 is 1.79 bits per heavy atom. The monoisotopic (exact) mass is 387 g/mol. The standard InChI is InChI=1S/C21H33N5O2/c1-23(2)13-20(28)26-12-18-11-25(15-21(18,16-26)14-24(3)4)19(27)8-7-17-6-5-9-22-10-17/h5-6,9-10,18H,7-8,11-16H2,1-4H3/t18-,21+/m1/s1. The summed E-state index contributed by atoms with van der Waals surface area (Å²) in [6.45, 7) is 4.34. The van der Waals surface area contributed by atoms with Crippen molar-refractivity contribution in [1.29, 1.82) is 0 Å². The van der Waals surface area contributed by atoms with Gasteiger partial charge in [-0.15, -0.1) is 0 Å². The van der Waals surface area contributed by atoms with Gasteiger partial charge in [0.1, 0.15) is 0 Å². The summed E-state index contributed by atoms with van der Waals surface area (Å²) in [5, 5.41) is 0. The number of aromatic nitrogens is 1. The number of carbonyl (C=O) groups excluding carboxylic acids is 2. The third-order valence-corrected chi connectivity index (χ3v) is 5.90. The van der Waals surface area contributed by atoms with Gasteiger partial charge in [0.15, 0.2) is 0 Å². The topological polar surface area (TPSA) is 60.0 Å². The highest BCUT2D eigenvalue weighted by atomic mass is 16.2. The lowest BCUT2D eigenvalue weighted by Crippen LogP contribution is -2.45. The Morgan fingerprint density at radius 1 is 1.11 bits per heavy atom. The number of hydrogen-bond donors (Lipinski definition) is 0. The van der Waals surface area contributed by atoms with Crippen LogP contribution in [0, 0.1) is 11.3 Å². The Balaban J connectivity index is 1.63. The van der Waals surface area contributed by atoms with E-state index in [4.69, 9.17) is 0 Å². The summed E-state index contributed by atoms with van der Waals surface area (Å²) in [6.07, 6.45) is 4.82. The van der Waals surface area contributed by atoms with Crippen molar-refractivity contribution in [2.45, 2.75) is 12.8 Å². The molecule has 3 rings (SSSR count). The van der Waals surface area contributed by atoms with Gasteiger partial charge in [-0.1, -0.05) is 6.07 Å². The van der Waals surface area contributed by atoms with Crippen molar-refractivity contribution >= 4 is 11.8 Å². The first-order chi connectivity index (χ1) is 13.3. The highest BCUT2D eigenvalue weighted by Gasteiger charge is 2.54. The van der Waals surface area contributed by atoms with Crippen molar-refractivity contribution in [2.75, 3.05) is 67.5 Å². The molecule has 2 aliphatic rings. The van der Waals surface area contributed by atoms with Crippen molar-refractivity contribution in [3.63, 3.8) is 0 Å². The van der Waals surface area contributed by atoms with Crippen LogP contribution in [0.1, 0.15) is 12.0 Å². The normalized spacial score (nSPS) is 24.3. The third kappa shape index (κ3) is 4.70. The van der Waals surface area contributed by atoms with E-state index in [-0.39, 0.29) is 17.2 Å². The molecule has 0 bridgehead atoms. The van der Waals surface area contributed by atoms with Crippen LogP contribution in [0.2, 0.25) is 0 Å². The molecule has 28 heavy (non-hydrogen) atoms. The van der Waals surface area contributed by atoms with E-state index in [0.29, 0.717) is 18.9 Å². The number of fused-ring (bicyclic) bond motifs is 1. The van der Waals surface area contributed by atoms with E-state index in [0.717, 1.165) is 44.7 Å². The van der Waals surface area contributed by atoms with Crippen LogP contribution in [0.5, 0.6) is 0 Å². The van der Waals surface area contributed by atoms with Gasteiger partial charge in [0.25, 0.3) is 0 Å². The smallest absolute Gasteiger partial charge is 0.236 e. The first kappa shape index (κ1) is 20.7. The molecule has 154 valence electrons. The van der Waals surface area contributed by atoms with Crippen LogP contribution in [0.25, 0.3) is 0 Å². The van der Waals surface area contributed by atoms with E-state index >= 15 is 0 Å². The van der Waals surface area contributed by atoms with Crippen LogP contribution in [0.3, 0.4) is 0 Å². The Morgan fingerprint density at radius 3 is 2.36 bits per heavy atom.